The second kappa shape index (κ2) is 8.63. The van der Waals surface area contributed by atoms with Gasteiger partial charge in [0.05, 0.1) is 50.8 Å². The van der Waals surface area contributed by atoms with E-state index in [-0.39, 0.29) is 30.9 Å². The molecule has 0 saturated carbocycles. The van der Waals surface area contributed by atoms with Crippen LogP contribution >= 0.6 is 0 Å². The summed E-state index contributed by atoms with van der Waals surface area (Å²) < 4.78 is 21.1. The van der Waals surface area contributed by atoms with Gasteiger partial charge in [-0.2, -0.15) is 5.01 Å². The van der Waals surface area contributed by atoms with Crippen LogP contribution in [0.1, 0.15) is 53.3 Å². The molecule has 154 valence electrons. The standard InChI is InChI=1S/C17H23N3O8/c1-6-27-16(23)19-9-12-13(15(22)26-5)11(14(21)25-4)8-18(12)10(3)20(19)17(24)28-7-2/h8,10H,6-7,9H2,1-5H3. The Morgan fingerprint density at radius 3 is 2.11 bits per heavy atom. The van der Waals surface area contributed by atoms with Crippen LogP contribution in [0, 0.1) is 0 Å². The second-order valence-electron chi connectivity index (χ2n) is 5.69. The highest BCUT2D eigenvalue weighted by Crippen LogP contribution is 2.33. The minimum absolute atomic E-state index is 0.0364. The van der Waals surface area contributed by atoms with Crippen molar-refractivity contribution in [2.75, 3.05) is 27.4 Å². The van der Waals surface area contributed by atoms with Crippen LogP contribution in [0.15, 0.2) is 6.20 Å². The summed E-state index contributed by atoms with van der Waals surface area (Å²) in [5.41, 5.74) is 0.220. The van der Waals surface area contributed by atoms with Crippen molar-refractivity contribution in [2.24, 2.45) is 0 Å². The average Bonchev–Trinajstić information content (AvgIpc) is 3.06. The number of carbonyl (C=O) groups is 4. The summed E-state index contributed by atoms with van der Waals surface area (Å²) in [6.07, 6.45) is -0.992. The molecule has 0 aromatic carbocycles. The Kier molecular flexibility index (Phi) is 6.49. The fourth-order valence-corrected chi connectivity index (χ4v) is 2.98. The number of aromatic nitrogens is 1. The lowest BCUT2D eigenvalue weighted by Crippen LogP contribution is -2.55. The fourth-order valence-electron chi connectivity index (χ4n) is 2.98. The van der Waals surface area contributed by atoms with Crippen LogP contribution in [0.5, 0.6) is 0 Å². The third kappa shape index (κ3) is 3.59. The van der Waals surface area contributed by atoms with Gasteiger partial charge < -0.3 is 23.5 Å². The Labute approximate surface area is 161 Å². The molecule has 0 aliphatic carbocycles. The zero-order chi connectivity index (χ0) is 21.0. The highest BCUT2D eigenvalue weighted by Gasteiger charge is 2.42. The maximum Gasteiger partial charge on any atom is 0.430 e. The summed E-state index contributed by atoms with van der Waals surface area (Å²) in [7, 11) is 2.35. The molecule has 11 heteroatoms. The lowest BCUT2D eigenvalue weighted by Gasteiger charge is -2.42. The molecule has 0 saturated heterocycles. The largest absolute Gasteiger partial charge is 0.465 e. The lowest BCUT2D eigenvalue weighted by atomic mass is 10.1. The number of rotatable bonds is 4. The molecule has 0 spiro atoms. The predicted molar refractivity (Wildman–Crippen MR) is 93.2 cm³/mol. The first-order valence-electron chi connectivity index (χ1n) is 8.62. The van der Waals surface area contributed by atoms with Crippen molar-refractivity contribution in [1.29, 1.82) is 0 Å². The van der Waals surface area contributed by atoms with E-state index in [0.717, 1.165) is 10.0 Å². The Bertz CT molecular complexity index is 788. The van der Waals surface area contributed by atoms with Gasteiger partial charge in [0.2, 0.25) is 0 Å². The maximum atomic E-state index is 12.5. The van der Waals surface area contributed by atoms with Gasteiger partial charge >= 0.3 is 24.1 Å². The first-order chi connectivity index (χ1) is 13.3. The molecule has 1 atom stereocenters. The molecule has 2 heterocycles. The van der Waals surface area contributed by atoms with Crippen molar-refractivity contribution < 1.29 is 38.1 Å². The number of nitrogens with zero attached hydrogens (tertiary/aromatic N) is 3. The molecule has 1 aromatic rings. The normalized spacial score (nSPS) is 15.5. The zero-order valence-corrected chi connectivity index (χ0v) is 16.4. The number of fused-ring (bicyclic) bond motifs is 1. The number of hydrogen-bond acceptors (Lipinski definition) is 8. The molecule has 0 bridgehead atoms. The van der Waals surface area contributed by atoms with E-state index in [1.165, 1.54) is 25.0 Å². The Morgan fingerprint density at radius 1 is 1.00 bits per heavy atom. The van der Waals surface area contributed by atoms with Crippen LogP contribution in [0.25, 0.3) is 0 Å². The smallest absolute Gasteiger partial charge is 0.430 e. The maximum absolute atomic E-state index is 12.5. The molecule has 1 aliphatic heterocycles. The topological polar surface area (TPSA) is 117 Å². The average molecular weight is 397 g/mol. The van der Waals surface area contributed by atoms with Crippen LogP contribution in [0.4, 0.5) is 9.59 Å². The van der Waals surface area contributed by atoms with E-state index in [9.17, 15) is 19.2 Å². The Morgan fingerprint density at radius 2 is 1.57 bits per heavy atom. The van der Waals surface area contributed by atoms with Crippen molar-refractivity contribution >= 4 is 24.1 Å². The van der Waals surface area contributed by atoms with Gasteiger partial charge in [-0.05, 0) is 20.8 Å². The predicted octanol–water partition coefficient (Wildman–Crippen LogP) is 1.93. The van der Waals surface area contributed by atoms with Crippen LogP contribution in [0.2, 0.25) is 0 Å². The van der Waals surface area contributed by atoms with E-state index in [2.05, 4.69) is 0 Å². The molecule has 2 amide bonds. The Hall–Kier alpha value is -3.24. The van der Waals surface area contributed by atoms with Crippen molar-refractivity contribution in [2.45, 2.75) is 33.5 Å². The highest BCUT2D eigenvalue weighted by molar-refractivity contribution is 6.04. The van der Waals surface area contributed by atoms with Gasteiger partial charge in [-0.25, -0.2) is 24.2 Å². The zero-order valence-electron chi connectivity index (χ0n) is 16.4. The third-order valence-electron chi connectivity index (χ3n) is 4.18. The summed E-state index contributed by atoms with van der Waals surface area (Å²) in [4.78, 5) is 49.4. The van der Waals surface area contributed by atoms with Gasteiger partial charge in [-0.1, -0.05) is 0 Å². The molecular weight excluding hydrogens is 374 g/mol. The second-order valence-corrected chi connectivity index (χ2v) is 5.69. The Balaban J connectivity index is 2.64. The van der Waals surface area contributed by atoms with Crippen molar-refractivity contribution in [1.82, 2.24) is 14.6 Å². The van der Waals surface area contributed by atoms with Gasteiger partial charge in [0.1, 0.15) is 6.17 Å². The molecule has 11 nitrogen and oxygen atoms in total. The van der Waals surface area contributed by atoms with Crippen molar-refractivity contribution in [3.8, 4) is 0 Å². The van der Waals surface area contributed by atoms with E-state index >= 15 is 0 Å². The number of carbonyl (C=O) groups excluding carboxylic acids is 4. The first-order valence-corrected chi connectivity index (χ1v) is 8.62. The van der Waals surface area contributed by atoms with Gasteiger partial charge in [0.25, 0.3) is 0 Å². The van der Waals surface area contributed by atoms with Crippen LogP contribution in [0.3, 0.4) is 0 Å². The van der Waals surface area contributed by atoms with Gasteiger partial charge in [0, 0.05) is 6.20 Å². The minimum atomic E-state index is -0.801. The van der Waals surface area contributed by atoms with Crippen LogP contribution in [-0.2, 0) is 25.5 Å². The van der Waals surface area contributed by atoms with Crippen LogP contribution in [-0.4, -0.2) is 66.1 Å². The number of hydrogen-bond donors (Lipinski definition) is 0. The summed E-state index contributed by atoms with van der Waals surface area (Å²) in [6, 6.07) is 0. The van der Waals surface area contributed by atoms with Gasteiger partial charge in [-0.3, -0.25) is 0 Å². The molecule has 28 heavy (non-hydrogen) atoms. The van der Waals surface area contributed by atoms with E-state index in [1.807, 2.05) is 0 Å². The SMILES string of the molecule is CCOC(=O)N1Cc2c(C(=O)OC)c(C(=O)OC)cn2C(C)N1C(=O)OCC. The van der Waals surface area contributed by atoms with Crippen molar-refractivity contribution in [3.63, 3.8) is 0 Å². The molecule has 1 unspecified atom stereocenters. The molecule has 1 aromatic heterocycles. The molecule has 0 fully saturated rings. The number of methoxy groups -OCH3 is 2. The third-order valence-corrected chi connectivity index (χ3v) is 4.18. The first kappa shape index (κ1) is 21.1. The van der Waals surface area contributed by atoms with Crippen LogP contribution < -0.4 is 0 Å². The number of amides is 2. The lowest BCUT2D eigenvalue weighted by molar-refractivity contribution is -0.0781. The molecule has 0 radical (unpaired) electrons. The number of hydrazine groups is 1. The number of ether oxygens (including phenoxy) is 4. The number of esters is 2. The van der Waals surface area contributed by atoms with Gasteiger partial charge in [0.15, 0.2) is 0 Å². The molecular formula is C17H23N3O8. The molecule has 2 rings (SSSR count). The molecule has 0 N–H and O–H groups in total. The molecule has 1 aliphatic rings. The van der Waals surface area contributed by atoms with Gasteiger partial charge in [-0.15, -0.1) is 0 Å². The fraction of sp³-hybridized carbons (Fsp3) is 0.529. The summed E-state index contributed by atoms with van der Waals surface area (Å²) in [5, 5.41) is 2.09. The van der Waals surface area contributed by atoms with E-state index in [1.54, 1.807) is 20.8 Å². The van der Waals surface area contributed by atoms with E-state index in [0.29, 0.717) is 5.69 Å². The minimum Gasteiger partial charge on any atom is -0.465 e. The summed E-state index contributed by atoms with van der Waals surface area (Å²) in [6.45, 7) is 4.82. The highest BCUT2D eigenvalue weighted by atomic mass is 16.6. The summed E-state index contributed by atoms with van der Waals surface area (Å²) >= 11 is 0. The van der Waals surface area contributed by atoms with E-state index in [4.69, 9.17) is 18.9 Å². The quantitative estimate of drug-likeness (QED) is 0.559. The van der Waals surface area contributed by atoms with E-state index < -0.39 is 30.3 Å². The monoisotopic (exact) mass is 397 g/mol. The summed E-state index contributed by atoms with van der Waals surface area (Å²) in [5.74, 6) is -1.52. The van der Waals surface area contributed by atoms with Crippen molar-refractivity contribution in [3.05, 3.63) is 23.0 Å².